The number of hydrogen-bond donors (Lipinski definition) is 2. The van der Waals surface area contributed by atoms with E-state index in [1.54, 1.807) is 18.2 Å². The molecule has 0 bridgehead atoms. The highest BCUT2D eigenvalue weighted by molar-refractivity contribution is 5.68. The molecule has 1 saturated carbocycles. The predicted molar refractivity (Wildman–Crippen MR) is 73.8 cm³/mol. The van der Waals surface area contributed by atoms with Crippen LogP contribution in [0.25, 0.3) is 0 Å². The van der Waals surface area contributed by atoms with E-state index in [1.165, 1.54) is 12.8 Å². The summed E-state index contributed by atoms with van der Waals surface area (Å²) < 4.78 is 5.30. The van der Waals surface area contributed by atoms with Crippen molar-refractivity contribution < 1.29 is 9.66 Å². The zero-order valence-corrected chi connectivity index (χ0v) is 11.0. The molecule has 2 rings (SSSR count). The van der Waals surface area contributed by atoms with Crippen molar-refractivity contribution in [1.29, 1.82) is 0 Å². The van der Waals surface area contributed by atoms with Crippen LogP contribution in [0.3, 0.4) is 0 Å². The zero-order chi connectivity index (χ0) is 13.7. The van der Waals surface area contributed by atoms with Gasteiger partial charge >= 0.3 is 5.69 Å². The summed E-state index contributed by atoms with van der Waals surface area (Å²) in [6, 6.07) is 5.73. The maximum absolute atomic E-state index is 11.1. The zero-order valence-electron chi connectivity index (χ0n) is 11.0. The third-order valence-electron chi connectivity index (χ3n) is 2.93. The Bertz CT molecular complexity index is 447. The van der Waals surface area contributed by atoms with Crippen LogP contribution in [-0.4, -0.2) is 30.7 Å². The van der Waals surface area contributed by atoms with E-state index in [9.17, 15) is 10.1 Å². The summed E-state index contributed by atoms with van der Waals surface area (Å²) in [5.41, 5.74) is 0.518. The highest BCUT2D eigenvalue weighted by atomic mass is 16.6. The Labute approximate surface area is 112 Å². The molecule has 0 radical (unpaired) electrons. The molecule has 0 aromatic heterocycles. The molecule has 0 saturated heterocycles. The van der Waals surface area contributed by atoms with E-state index in [4.69, 9.17) is 4.74 Å². The Morgan fingerprint density at radius 1 is 1.42 bits per heavy atom. The molecular formula is C13H19N3O3. The lowest BCUT2D eigenvalue weighted by Crippen LogP contribution is -2.24. The van der Waals surface area contributed by atoms with Crippen LogP contribution in [0.2, 0.25) is 0 Å². The largest absolute Gasteiger partial charge is 0.487 e. The second kappa shape index (κ2) is 6.38. The number of nitrogens with zero attached hydrogens (tertiary/aromatic N) is 1. The minimum atomic E-state index is -0.401. The highest BCUT2D eigenvalue weighted by Crippen LogP contribution is 2.34. The third-order valence-corrected chi connectivity index (χ3v) is 2.93. The topological polar surface area (TPSA) is 76.4 Å². The first kappa shape index (κ1) is 13.6. The normalized spacial score (nSPS) is 14.2. The average molecular weight is 265 g/mol. The Kier molecular flexibility index (Phi) is 4.57. The lowest BCUT2D eigenvalue weighted by Gasteiger charge is -2.10. The van der Waals surface area contributed by atoms with E-state index in [0.29, 0.717) is 30.6 Å². The van der Waals surface area contributed by atoms with Gasteiger partial charge in [-0.3, -0.25) is 10.1 Å². The van der Waals surface area contributed by atoms with Crippen molar-refractivity contribution in [3.05, 3.63) is 28.3 Å². The van der Waals surface area contributed by atoms with Gasteiger partial charge in [-0.15, -0.1) is 0 Å². The van der Waals surface area contributed by atoms with Gasteiger partial charge in [0.15, 0.2) is 5.75 Å². The van der Waals surface area contributed by atoms with E-state index in [-0.39, 0.29) is 5.69 Å². The summed E-state index contributed by atoms with van der Waals surface area (Å²) >= 11 is 0. The molecule has 0 aliphatic heterocycles. The summed E-state index contributed by atoms with van der Waals surface area (Å²) in [6.45, 7) is 3.69. The summed E-state index contributed by atoms with van der Waals surface area (Å²) in [6.07, 6.45) is 2.47. The van der Waals surface area contributed by atoms with Crippen molar-refractivity contribution in [2.45, 2.75) is 25.8 Å². The van der Waals surface area contributed by atoms with E-state index in [2.05, 4.69) is 10.6 Å². The Morgan fingerprint density at radius 2 is 2.21 bits per heavy atom. The van der Waals surface area contributed by atoms with Gasteiger partial charge < -0.3 is 15.4 Å². The summed E-state index contributed by atoms with van der Waals surface area (Å²) in [5.74, 6) is 0.313. The fourth-order valence-electron chi connectivity index (χ4n) is 1.89. The van der Waals surface area contributed by atoms with Gasteiger partial charge in [-0.25, -0.2) is 0 Å². The van der Waals surface area contributed by atoms with Crippen LogP contribution in [0, 0.1) is 10.1 Å². The number of anilines is 1. The smallest absolute Gasteiger partial charge is 0.333 e. The van der Waals surface area contributed by atoms with Gasteiger partial charge in [-0.05, 0) is 31.9 Å². The molecule has 0 heterocycles. The summed E-state index contributed by atoms with van der Waals surface area (Å²) in [7, 11) is 0. The fraction of sp³-hybridized carbons (Fsp3) is 0.538. The number of rotatable bonds is 8. The van der Waals surface area contributed by atoms with Gasteiger partial charge in [-0.1, -0.05) is 6.07 Å². The molecule has 0 atom stereocenters. The van der Waals surface area contributed by atoms with E-state index in [1.807, 2.05) is 6.92 Å². The van der Waals surface area contributed by atoms with Crippen LogP contribution in [0.15, 0.2) is 18.2 Å². The lowest BCUT2D eigenvalue weighted by atomic mass is 10.2. The Morgan fingerprint density at radius 3 is 2.84 bits per heavy atom. The van der Waals surface area contributed by atoms with Gasteiger partial charge in [-0.2, -0.15) is 0 Å². The quantitative estimate of drug-likeness (QED) is 0.428. The van der Waals surface area contributed by atoms with Crippen LogP contribution < -0.4 is 15.4 Å². The molecule has 0 amide bonds. The first-order valence-corrected chi connectivity index (χ1v) is 6.59. The molecule has 1 fully saturated rings. The van der Waals surface area contributed by atoms with Gasteiger partial charge in [0.05, 0.1) is 11.5 Å². The first-order chi connectivity index (χ1) is 9.22. The molecule has 0 spiro atoms. The van der Waals surface area contributed by atoms with Gasteiger partial charge in [0.1, 0.15) is 5.69 Å². The number of ether oxygens (including phenoxy) is 1. The molecule has 1 aliphatic carbocycles. The van der Waals surface area contributed by atoms with E-state index < -0.39 is 4.92 Å². The molecule has 0 unspecified atom stereocenters. The molecule has 1 aromatic rings. The van der Waals surface area contributed by atoms with Crippen LogP contribution in [-0.2, 0) is 0 Å². The van der Waals surface area contributed by atoms with Gasteiger partial charge in [0.2, 0.25) is 0 Å². The molecule has 1 aliphatic rings. The number of nitro groups is 1. The predicted octanol–water partition coefficient (Wildman–Crippen LogP) is 2.16. The molecule has 1 aromatic carbocycles. The molecule has 6 nitrogen and oxygen atoms in total. The van der Waals surface area contributed by atoms with Crippen LogP contribution >= 0.6 is 0 Å². The third kappa shape index (κ3) is 3.82. The van der Waals surface area contributed by atoms with Gasteiger partial charge in [0, 0.05) is 19.1 Å². The second-order valence-corrected chi connectivity index (χ2v) is 4.50. The van der Waals surface area contributed by atoms with E-state index >= 15 is 0 Å². The van der Waals surface area contributed by atoms with Crippen molar-refractivity contribution in [2.24, 2.45) is 0 Å². The number of nitrogens with one attached hydrogen (secondary N) is 2. The molecule has 19 heavy (non-hydrogen) atoms. The van der Waals surface area contributed by atoms with Crippen LogP contribution in [0.1, 0.15) is 19.8 Å². The maximum Gasteiger partial charge on any atom is 0.333 e. The van der Waals surface area contributed by atoms with Crippen LogP contribution in [0.4, 0.5) is 11.4 Å². The summed E-state index contributed by atoms with van der Waals surface area (Å²) in [5, 5.41) is 17.6. The van der Waals surface area contributed by atoms with Crippen molar-refractivity contribution in [1.82, 2.24) is 5.32 Å². The van der Waals surface area contributed by atoms with Crippen molar-refractivity contribution in [2.75, 3.05) is 25.0 Å². The van der Waals surface area contributed by atoms with Gasteiger partial charge in [0.25, 0.3) is 0 Å². The Hall–Kier alpha value is -1.82. The molecule has 104 valence electrons. The number of hydrogen-bond acceptors (Lipinski definition) is 5. The SMILES string of the molecule is CCOc1cccc(NCCNC2CC2)c1[N+](=O)[O-]. The summed E-state index contributed by atoms with van der Waals surface area (Å²) in [4.78, 5) is 10.7. The van der Waals surface area contributed by atoms with Crippen molar-refractivity contribution in [3.63, 3.8) is 0 Å². The molecule has 6 heteroatoms. The monoisotopic (exact) mass is 265 g/mol. The molecular weight excluding hydrogens is 246 g/mol. The Balaban J connectivity index is 2.00. The first-order valence-electron chi connectivity index (χ1n) is 6.59. The van der Waals surface area contributed by atoms with Crippen molar-refractivity contribution in [3.8, 4) is 5.75 Å². The number of nitro benzene ring substituents is 1. The number of benzene rings is 1. The second-order valence-electron chi connectivity index (χ2n) is 4.50. The molecule has 2 N–H and O–H groups in total. The minimum absolute atomic E-state index is 0.00997. The maximum atomic E-state index is 11.1. The minimum Gasteiger partial charge on any atom is -0.487 e. The standard InChI is InChI=1S/C13H19N3O3/c1-2-19-12-5-3-4-11(13(12)16(17)18)15-9-8-14-10-6-7-10/h3-5,10,14-15H,2,6-9H2,1H3. The lowest BCUT2D eigenvalue weighted by molar-refractivity contribution is -0.384. The van der Waals surface area contributed by atoms with E-state index in [0.717, 1.165) is 6.54 Å². The van der Waals surface area contributed by atoms with Crippen LogP contribution in [0.5, 0.6) is 5.75 Å². The number of para-hydroxylation sites is 1. The average Bonchev–Trinajstić information content (AvgIpc) is 3.19. The highest BCUT2D eigenvalue weighted by Gasteiger charge is 2.21. The van der Waals surface area contributed by atoms with Crippen molar-refractivity contribution >= 4 is 11.4 Å². The fourth-order valence-corrected chi connectivity index (χ4v) is 1.89.